The van der Waals surface area contributed by atoms with Gasteiger partial charge in [-0.25, -0.2) is 0 Å². The molecule has 2 atom stereocenters. The second-order valence-electron chi connectivity index (χ2n) is 5.06. The fraction of sp³-hybridized carbons (Fsp3) is 0.500. The molecule has 5 N–H and O–H groups in total. The SMILES string of the molecule is Nc1ccc(O)cc1C(=O)NC1CCCCCC1O. The third kappa shape index (κ3) is 3.38. The van der Waals surface area contributed by atoms with Crippen molar-refractivity contribution >= 4 is 11.6 Å². The van der Waals surface area contributed by atoms with Gasteiger partial charge in [0.2, 0.25) is 0 Å². The number of benzene rings is 1. The Morgan fingerprint density at radius 1 is 1.26 bits per heavy atom. The second-order valence-corrected chi connectivity index (χ2v) is 5.06. The molecule has 19 heavy (non-hydrogen) atoms. The van der Waals surface area contributed by atoms with Crippen molar-refractivity contribution in [2.45, 2.75) is 44.2 Å². The predicted molar refractivity (Wildman–Crippen MR) is 72.9 cm³/mol. The van der Waals surface area contributed by atoms with Gasteiger partial charge in [-0.2, -0.15) is 0 Å². The van der Waals surface area contributed by atoms with E-state index in [1.54, 1.807) is 0 Å². The number of nitrogens with two attached hydrogens (primary N) is 1. The first kappa shape index (κ1) is 13.7. The monoisotopic (exact) mass is 264 g/mol. The van der Waals surface area contributed by atoms with E-state index in [2.05, 4.69) is 5.32 Å². The average Bonchev–Trinajstić information content (AvgIpc) is 2.58. The Morgan fingerprint density at radius 3 is 2.79 bits per heavy atom. The lowest BCUT2D eigenvalue weighted by Gasteiger charge is -2.22. The normalized spacial score (nSPS) is 23.6. The quantitative estimate of drug-likeness (QED) is 0.369. The van der Waals surface area contributed by atoms with Crippen LogP contribution in [0.25, 0.3) is 0 Å². The number of phenolic OH excluding ortho intramolecular Hbond substituents is 1. The molecule has 0 aromatic heterocycles. The van der Waals surface area contributed by atoms with E-state index in [4.69, 9.17) is 5.73 Å². The van der Waals surface area contributed by atoms with Gasteiger partial charge in [-0.3, -0.25) is 4.79 Å². The maximum Gasteiger partial charge on any atom is 0.253 e. The van der Waals surface area contributed by atoms with Crippen LogP contribution in [0.15, 0.2) is 18.2 Å². The highest BCUT2D eigenvalue weighted by Gasteiger charge is 2.24. The van der Waals surface area contributed by atoms with Gasteiger partial charge in [0.25, 0.3) is 5.91 Å². The van der Waals surface area contributed by atoms with Gasteiger partial charge in [0.05, 0.1) is 17.7 Å². The molecule has 1 saturated carbocycles. The second kappa shape index (κ2) is 5.93. The van der Waals surface area contributed by atoms with E-state index in [-0.39, 0.29) is 23.3 Å². The third-order valence-electron chi connectivity index (χ3n) is 3.58. The summed E-state index contributed by atoms with van der Waals surface area (Å²) in [6.07, 6.45) is 4.04. The molecule has 1 aromatic rings. The Labute approximate surface area is 112 Å². The van der Waals surface area contributed by atoms with Gasteiger partial charge < -0.3 is 21.3 Å². The van der Waals surface area contributed by atoms with E-state index < -0.39 is 6.10 Å². The number of phenols is 1. The molecular formula is C14H20N2O3. The summed E-state index contributed by atoms with van der Waals surface area (Å²) in [6, 6.07) is 4.03. The van der Waals surface area contributed by atoms with Crippen LogP contribution in [0.4, 0.5) is 5.69 Å². The number of hydrogen-bond acceptors (Lipinski definition) is 4. The highest BCUT2D eigenvalue weighted by Crippen LogP contribution is 2.21. The van der Waals surface area contributed by atoms with Crippen molar-refractivity contribution in [2.24, 2.45) is 0 Å². The summed E-state index contributed by atoms with van der Waals surface area (Å²) in [4.78, 5) is 12.1. The molecule has 1 aliphatic rings. The van der Waals surface area contributed by atoms with Crippen molar-refractivity contribution in [1.29, 1.82) is 0 Å². The Bertz CT molecular complexity index is 462. The van der Waals surface area contributed by atoms with Crippen LogP contribution in [0.2, 0.25) is 0 Å². The average molecular weight is 264 g/mol. The summed E-state index contributed by atoms with van der Waals surface area (Å²) in [6.45, 7) is 0. The molecule has 5 nitrogen and oxygen atoms in total. The molecule has 0 radical (unpaired) electrons. The van der Waals surface area contributed by atoms with Gasteiger partial charge in [0.1, 0.15) is 5.75 Å². The molecule has 1 aromatic carbocycles. The number of anilines is 1. The van der Waals surface area contributed by atoms with Crippen molar-refractivity contribution < 1.29 is 15.0 Å². The first-order chi connectivity index (χ1) is 9.08. The van der Waals surface area contributed by atoms with Gasteiger partial charge in [0.15, 0.2) is 0 Å². The maximum absolute atomic E-state index is 12.1. The molecule has 2 rings (SSSR count). The zero-order valence-corrected chi connectivity index (χ0v) is 10.8. The first-order valence-electron chi connectivity index (χ1n) is 6.65. The van der Waals surface area contributed by atoms with E-state index >= 15 is 0 Å². The van der Waals surface area contributed by atoms with E-state index in [0.29, 0.717) is 12.1 Å². The van der Waals surface area contributed by atoms with Crippen LogP contribution in [-0.4, -0.2) is 28.3 Å². The van der Waals surface area contributed by atoms with Crippen LogP contribution >= 0.6 is 0 Å². The van der Waals surface area contributed by atoms with Gasteiger partial charge in [0, 0.05) is 5.69 Å². The van der Waals surface area contributed by atoms with Gasteiger partial charge in [-0.15, -0.1) is 0 Å². The molecule has 104 valence electrons. The van der Waals surface area contributed by atoms with Crippen molar-refractivity contribution in [3.63, 3.8) is 0 Å². The fourth-order valence-corrected chi connectivity index (χ4v) is 2.44. The number of nitrogens with one attached hydrogen (secondary N) is 1. The van der Waals surface area contributed by atoms with Crippen molar-refractivity contribution in [1.82, 2.24) is 5.32 Å². The fourth-order valence-electron chi connectivity index (χ4n) is 2.44. The lowest BCUT2D eigenvalue weighted by Crippen LogP contribution is -2.42. The molecule has 0 spiro atoms. The topological polar surface area (TPSA) is 95.6 Å². The summed E-state index contributed by atoms with van der Waals surface area (Å²) in [5, 5.41) is 22.2. The summed E-state index contributed by atoms with van der Waals surface area (Å²) < 4.78 is 0. The third-order valence-corrected chi connectivity index (χ3v) is 3.58. The van der Waals surface area contributed by atoms with Crippen molar-refractivity contribution in [2.75, 3.05) is 5.73 Å². The minimum atomic E-state index is -0.509. The van der Waals surface area contributed by atoms with E-state index in [1.165, 1.54) is 18.2 Å². The number of rotatable bonds is 2. The summed E-state index contributed by atoms with van der Waals surface area (Å²) in [7, 11) is 0. The van der Waals surface area contributed by atoms with Crippen LogP contribution in [0.5, 0.6) is 5.75 Å². The minimum Gasteiger partial charge on any atom is -0.508 e. The number of nitrogen functional groups attached to an aromatic ring is 1. The Kier molecular flexibility index (Phi) is 4.27. The van der Waals surface area contributed by atoms with Gasteiger partial charge in [-0.05, 0) is 31.0 Å². The maximum atomic E-state index is 12.1. The zero-order chi connectivity index (χ0) is 13.8. The number of aliphatic hydroxyl groups excluding tert-OH is 1. The minimum absolute atomic E-state index is 0.000708. The number of amides is 1. The van der Waals surface area contributed by atoms with E-state index in [9.17, 15) is 15.0 Å². The highest BCUT2D eigenvalue weighted by atomic mass is 16.3. The van der Waals surface area contributed by atoms with Crippen molar-refractivity contribution in [3.05, 3.63) is 23.8 Å². The molecule has 0 saturated heterocycles. The summed E-state index contributed by atoms with van der Waals surface area (Å²) >= 11 is 0. The standard InChI is InChI=1S/C14H20N2O3/c15-11-7-6-9(17)8-10(11)14(19)16-12-4-2-1-3-5-13(12)18/h6-8,12-13,17-18H,1-5,15H2,(H,16,19). The van der Waals surface area contributed by atoms with E-state index in [0.717, 1.165) is 25.7 Å². The Morgan fingerprint density at radius 2 is 2.00 bits per heavy atom. The Hall–Kier alpha value is -1.75. The Balaban J connectivity index is 2.09. The largest absolute Gasteiger partial charge is 0.508 e. The highest BCUT2D eigenvalue weighted by molar-refractivity contribution is 5.99. The number of carbonyl (C=O) groups is 1. The van der Waals surface area contributed by atoms with Crippen LogP contribution in [-0.2, 0) is 0 Å². The number of aromatic hydroxyl groups is 1. The van der Waals surface area contributed by atoms with Crippen LogP contribution in [0.1, 0.15) is 42.5 Å². The number of hydrogen-bond donors (Lipinski definition) is 4. The number of carbonyl (C=O) groups excluding carboxylic acids is 1. The zero-order valence-electron chi connectivity index (χ0n) is 10.8. The van der Waals surface area contributed by atoms with Gasteiger partial charge in [-0.1, -0.05) is 19.3 Å². The lowest BCUT2D eigenvalue weighted by atomic mass is 10.0. The van der Waals surface area contributed by atoms with Crippen molar-refractivity contribution in [3.8, 4) is 5.75 Å². The van der Waals surface area contributed by atoms with E-state index in [1.807, 2.05) is 0 Å². The molecular weight excluding hydrogens is 244 g/mol. The lowest BCUT2D eigenvalue weighted by molar-refractivity contribution is 0.0819. The van der Waals surface area contributed by atoms with Gasteiger partial charge >= 0.3 is 0 Å². The molecule has 0 aliphatic heterocycles. The molecule has 1 fully saturated rings. The molecule has 1 amide bonds. The molecule has 1 aliphatic carbocycles. The molecule has 2 unspecified atom stereocenters. The predicted octanol–water partition coefficient (Wildman–Crippen LogP) is 1.40. The molecule has 5 heteroatoms. The first-order valence-corrected chi connectivity index (χ1v) is 6.65. The van der Waals surface area contributed by atoms with Crippen LogP contribution in [0.3, 0.4) is 0 Å². The molecule has 0 heterocycles. The van der Waals surface area contributed by atoms with Crippen LogP contribution in [0, 0.1) is 0 Å². The summed E-state index contributed by atoms with van der Waals surface area (Å²) in [5.41, 5.74) is 6.29. The number of aliphatic hydroxyl groups is 1. The molecule has 0 bridgehead atoms. The van der Waals surface area contributed by atoms with Crippen LogP contribution < -0.4 is 11.1 Å². The summed E-state index contributed by atoms with van der Waals surface area (Å²) in [5.74, 6) is -0.347. The smallest absolute Gasteiger partial charge is 0.253 e.